The van der Waals surface area contributed by atoms with Gasteiger partial charge in [0.1, 0.15) is 13.2 Å². The largest absolute Gasteiger partial charge is 0.462 e. The Balaban J connectivity index is 4.46. The highest BCUT2D eigenvalue weighted by Gasteiger charge is 2.19. The second kappa shape index (κ2) is 49.5. The van der Waals surface area contributed by atoms with Crippen LogP contribution in [-0.4, -0.2) is 37.2 Å². The van der Waals surface area contributed by atoms with Crippen LogP contribution >= 0.6 is 0 Å². The number of hydrogen-bond donors (Lipinski definition) is 0. The van der Waals surface area contributed by atoms with Crippen molar-refractivity contribution in [2.24, 2.45) is 0 Å². The summed E-state index contributed by atoms with van der Waals surface area (Å²) in [7, 11) is 0. The van der Waals surface area contributed by atoms with Crippen molar-refractivity contribution in [3.63, 3.8) is 0 Å². The van der Waals surface area contributed by atoms with Gasteiger partial charge in [0.2, 0.25) is 0 Å². The van der Waals surface area contributed by atoms with E-state index in [0.29, 0.717) is 19.3 Å². The zero-order chi connectivity index (χ0) is 44.4. The Kier molecular flexibility index (Phi) is 46.9. The van der Waals surface area contributed by atoms with Crippen LogP contribution in [0.4, 0.5) is 0 Å². The smallest absolute Gasteiger partial charge is 0.306 e. The number of carbonyl (C=O) groups is 3. The van der Waals surface area contributed by atoms with Crippen molar-refractivity contribution in [1.29, 1.82) is 0 Å². The Bertz CT molecular complexity index is 1160. The summed E-state index contributed by atoms with van der Waals surface area (Å²) in [6, 6.07) is 0. The first-order chi connectivity index (χ1) is 30.0. The molecule has 6 nitrogen and oxygen atoms in total. The molecule has 1 unspecified atom stereocenters. The molecular weight excluding hydrogens is 757 g/mol. The molecule has 0 aliphatic carbocycles. The molecule has 0 fully saturated rings. The lowest BCUT2D eigenvalue weighted by atomic mass is 10.0. The molecule has 6 heteroatoms. The third kappa shape index (κ3) is 47.7. The van der Waals surface area contributed by atoms with Crippen LogP contribution in [0.2, 0.25) is 0 Å². The third-order valence-electron chi connectivity index (χ3n) is 10.9. The number of allylic oxidation sites excluding steroid dienone is 12. The molecule has 1 atom stereocenters. The fraction of sp³-hybridized carbons (Fsp3) is 0.727. The van der Waals surface area contributed by atoms with Gasteiger partial charge in [-0.2, -0.15) is 0 Å². The van der Waals surface area contributed by atoms with Crippen molar-refractivity contribution >= 4 is 17.9 Å². The van der Waals surface area contributed by atoms with Gasteiger partial charge in [-0.15, -0.1) is 0 Å². The van der Waals surface area contributed by atoms with E-state index in [9.17, 15) is 14.4 Å². The molecule has 0 spiro atoms. The van der Waals surface area contributed by atoms with Crippen LogP contribution in [0, 0.1) is 0 Å². The molecule has 0 radical (unpaired) electrons. The van der Waals surface area contributed by atoms with E-state index < -0.39 is 6.10 Å². The second-order valence-electron chi connectivity index (χ2n) is 16.9. The van der Waals surface area contributed by atoms with Crippen molar-refractivity contribution in [3.8, 4) is 0 Å². The van der Waals surface area contributed by atoms with E-state index in [1.807, 2.05) is 60.8 Å². The van der Waals surface area contributed by atoms with Crippen LogP contribution in [0.15, 0.2) is 72.9 Å². The maximum Gasteiger partial charge on any atom is 0.306 e. The minimum Gasteiger partial charge on any atom is -0.462 e. The van der Waals surface area contributed by atoms with E-state index in [1.165, 1.54) is 128 Å². The molecule has 0 saturated heterocycles. The van der Waals surface area contributed by atoms with Gasteiger partial charge in [0.25, 0.3) is 0 Å². The lowest BCUT2D eigenvalue weighted by Gasteiger charge is -2.18. The summed E-state index contributed by atoms with van der Waals surface area (Å²) in [6.45, 7) is 6.46. The molecule has 0 bridgehead atoms. The predicted octanol–water partition coefficient (Wildman–Crippen LogP) is 16.6. The lowest BCUT2D eigenvalue weighted by molar-refractivity contribution is -0.167. The van der Waals surface area contributed by atoms with E-state index in [2.05, 4.69) is 32.9 Å². The Morgan fingerprint density at radius 1 is 0.344 bits per heavy atom. The SMILES string of the molecule is CC\C=C/C=C\C=C/C=C\C=C\C=C/CCCCCC(=O)OCC(COC(=O)CCCCCCCCCCCCCCC)OC(=O)CCCCCCCCCCCCCCC. The normalized spacial score (nSPS) is 12.6. The lowest BCUT2D eigenvalue weighted by Crippen LogP contribution is -2.30. The van der Waals surface area contributed by atoms with E-state index in [0.717, 1.165) is 70.6 Å². The molecule has 0 aromatic carbocycles. The molecule has 0 aliphatic heterocycles. The number of rotatable bonds is 45. The van der Waals surface area contributed by atoms with Gasteiger partial charge in [-0.25, -0.2) is 0 Å². The highest BCUT2D eigenvalue weighted by molar-refractivity contribution is 5.71. The highest BCUT2D eigenvalue weighted by atomic mass is 16.6. The average Bonchev–Trinajstić information content (AvgIpc) is 3.26. The molecule has 0 saturated carbocycles. The van der Waals surface area contributed by atoms with Crippen LogP contribution < -0.4 is 0 Å². The molecular formula is C55H94O6. The standard InChI is InChI=1S/C55H94O6/c1-4-7-10-13-16-19-22-25-26-27-28-31-33-36-39-42-45-48-54(57)60-51-52(61-55(58)49-46-43-40-37-34-30-24-21-18-15-12-9-6-3)50-59-53(56)47-44-41-38-35-32-29-23-20-17-14-11-8-5-2/h7,10,13,16,19,22,25-28,31,33,52H,4-6,8-9,11-12,14-15,17-18,20-21,23-24,29-30,32,34-51H2,1-3H3/b10-7-,16-13-,22-19-,26-25-,28-27+,33-31-. The van der Waals surface area contributed by atoms with Crippen LogP contribution in [0.5, 0.6) is 0 Å². The Hall–Kier alpha value is -3.15. The predicted molar refractivity (Wildman–Crippen MR) is 261 cm³/mol. The number of unbranched alkanes of at least 4 members (excludes halogenated alkanes) is 27. The quantitative estimate of drug-likeness (QED) is 0.0263. The summed E-state index contributed by atoms with van der Waals surface area (Å²) >= 11 is 0. The van der Waals surface area contributed by atoms with Gasteiger partial charge in [0, 0.05) is 19.3 Å². The molecule has 0 heterocycles. The Morgan fingerprint density at radius 2 is 0.639 bits per heavy atom. The average molecular weight is 851 g/mol. The molecule has 350 valence electrons. The summed E-state index contributed by atoms with van der Waals surface area (Å²) in [5.41, 5.74) is 0. The minimum absolute atomic E-state index is 0.0868. The number of carbonyl (C=O) groups excluding carboxylic acids is 3. The van der Waals surface area contributed by atoms with Gasteiger partial charge in [-0.3, -0.25) is 14.4 Å². The van der Waals surface area contributed by atoms with Crippen LogP contribution in [0.25, 0.3) is 0 Å². The summed E-state index contributed by atoms with van der Waals surface area (Å²) in [5.74, 6) is -0.928. The van der Waals surface area contributed by atoms with Gasteiger partial charge < -0.3 is 14.2 Å². The third-order valence-corrected chi connectivity index (χ3v) is 10.9. The first-order valence-electron chi connectivity index (χ1n) is 25.5. The zero-order valence-corrected chi connectivity index (χ0v) is 39.9. The van der Waals surface area contributed by atoms with Crippen molar-refractivity contribution in [2.45, 2.75) is 245 Å². The Labute approximate surface area is 376 Å². The molecule has 0 amide bonds. The fourth-order valence-electron chi connectivity index (χ4n) is 7.06. The zero-order valence-electron chi connectivity index (χ0n) is 39.9. The number of esters is 3. The summed E-state index contributed by atoms with van der Waals surface area (Å²) < 4.78 is 16.8. The van der Waals surface area contributed by atoms with Crippen LogP contribution in [0.3, 0.4) is 0 Å². The summed E-state index contributed by atoms with van der Waals surface area (Å²) in [6.07, 6.45) is 61.6. The second-order valence-corrected chi connectivity index (χ2v) is 16.9. The van der Waals surface area contributed by atoms with Crippen molar-refractivity contribution in [3.05, 3.63) is 72.9 Å². The number of hydrogen-bond acceptors (Lipinski definition) is 6. The molecule has 0 aromatic heterocycles. The van der Waals surface area contributed by atoms with E-state index in [-0.39, 0.29) is 31.1 Å². The highest BCUT2D eigenvalue weighted by Crippen LogP contribution is 2.15. The maximum absolute atomic E-state index is 12.8. The van der Waals surface area contributed by atoms with Gasteiger partial charge >= 0.3 is 17.9 Å². The van der Waals surface area contributed by atoms with Gasteiger partial charge in [0.15, 0.2) is 6.10 Å². The first kappa shape index (κ1) is 57.9. The molecule has 0 N–H and O–H groups in total. The van der Waals surface area contributed by atoms with Crippen molar-refractivity contribution in [2.75, 3.05) is 13.2 Å². The topological polar surface area (TPSA) is 78.9 Å². The Morgan fingerprint density at radius 3 is 1.00 bits per heavy atom. The van der Waals surface area contributed by atoms with E-state index in [1.54, 1.807) is 0 Å². The van der Waals surface area contributed by atoms with E-state index >= 15 is 0 Å². The van der Waals surface area contributed by atoms with E-state index in [4.69, 9.17) is 14.2 Å². The first-order valence-corrected chi connectivity index (χ1v) is 25.5. The van der Waals surface area contributed by atoms with Gasteiger partial charge in [0.05, 0.1) is 0 Å². The molecule has 0 aromatic rings. The van der Waals surface area contributed by atoms with Crippen LogP contribution in [-0.2, 0) is 28.6 Å². The molecule has 0 rings (SSSR count). The van der Waals surface area contributed by atoms with Crippen molar-refractivity contribution in [1.82, 2.24) is 0 Å². The maximum atomic E-state index is 12.8. The monoisotopic (exact) mass is 851 g/mol. The summed E-state index contributed by atoms with van der Waals surface area (Å²) in [4.78, 5) is 37.9. The molecule has 61 heavy (non-hydrogen) atoms. The molecule has 0 aliphatic rings. The van der Waals surface area contributed by atoms with Gasteiger partial charge in [-0.1, -0.05) is 254 Å². The minimum atomic E-state index is -0.789. The van der Waals surface area contributed by atoms with Crippen molar-refractivity contribution < 1.29 is 28.6 Å². The fourth-order valence-corrected chi connectivity index (χ4v) is 7.06. The van der Waals surface area contributed by atoms with Gasteiger partial charge in [-0.05, 0) is 38.5 Å². The van der Waals surface area contributed by atoms with Crippen LogP contribution in [0.1, 0.15) is 239 Å². The number of ether oxygens (including phenoxy) is 3. The summed E-state index contributed by atoms with van der Waals surface area (Å²) in [5, 5.41) is 0.